The van der Waals surface area contributed by atoms with Crippen molar-refractivity contribution in [3.05, 3.63) is 70.7 Å². The lowest BCUT2D eigenvalue weighted by Crippen LogP contribution is -2.36. The van der Waals surface area contributed by atoms with Gasteiger partial charge in [0.05, 0.1) is 30.9 Å². The van der Waals surface area contributed by atoms with Gasteiger partial charge in [0, 0.05) is 36.3 Å². The number of hydrogen-bond donors (Lipinski definition) is 1. The maximum atomic E-state index is 12.7. The predicted octanol–water partition coefficient (Wildman–Crippen LogP) is 4.52. The molecule has 0 unspecified atom stereocenters. The zero-order valence-electron chi connectivity index (χ0n) is 17.2. The van der Waals surface area contributed by atoms with Crippen molar-refractivity contribution in [3.8, 4) is 10.6 Å². The molecule has 1 aliphatic heterocycles. The highest BCUT2D eigenvalue weighted by Crippen LogP contribution is 2.31. The second kappa shape index (κ2) is 9.70. The largest absolute Gasteiger partial charge is 0.416 e. The molecule has 0 radical (unpaired) electrons. The van der Waals surface area contributed by atoms with E-state index in [0.29, 0.717) is 22.8 Å². The highest BCUT2D eigenvalue weighted by Gasteiger charge is 2.30. The van der Waals surface area contributed by atoms with Gasteiger partial charge in [0.15, 0.2) is 0 Å². The van der Waals surface area contributed by atoms with E-state index in [1.54, 1.807) is 5.38 Å². The Kier molecular flexibility index (Phi) is 6.76. The van der Waals surface area contributed by atoms with Gasteiger partial charge in [-0.15, -0.1) is 11.3 Å². The molecule has 0 bridgehead atoms. The third kappa shape index (κ3) is 5.66. The molecule has 1 N–H and O–H groups in total. The fourth-order valence-electron chi connectivity index (χ4n) is 3.40. The molecule has 1 aromatic heterocycles. The van der Waals surface area contributed by atoms with Gasteiger partial charge in [-0.1, -0.05) is 24.3 Å². The number of alkyl halides is 3. The first-order valence-corrected chi connectivity index (χ1v) is 11.1. The van der Waals surface area contributed by atoms with E-state index in [2.05, 4.69) is 15.2 Å². The van der Waals surface area contributed by atoms with E-state index < -0.39 is 11.7 Å². The van der Waals surface area contributed by atoms with Gasteiger partial charge >= 0.3 is 6.18 Å². The Morgan fingerprint density at radius 1 is 1.06 bits per heavy atom. The highest BCUT2D eigenvalue weighted by atomic mass is 32.1. The molecule has 2 aromatic carbocycles. The minimum absolute atomic E-state index is 0.114. The lowest BCUT2D eigenvalue weighted by atomic mass is 10.1. The molecule has 168 valence electrons. The summed E-state index contributed by atoms with van der Waals surface area (Å²) in [6, 6.07) is 12.9. The van der Waals surface area contributed by atoms with E-state index in [1.165, 1.54) is 23.5 Å². The summed E-state index contributed by atoms with van der Waals surface area (Å²) in [6.07, 6.45) is -4.25. The molecule has 5 nitrogen and oxygen atoms in total. The topological polar surface area (TPSA) is 54.5 Å². The average Bonchev–Trinajstić information content (AvgIpc) is 3.26. The number of thiazole rings is 1. The van der Waals surface area contributed by atoms with Crippen LogP contribution in [0.25, 0.3) is 10.6 Å². The molecular formula is C23H22F3N3O2S. The molecule has 0 spiro atoms. The number of carbonyl (C=O) groups is 1. The van der Waals surface area contributed by atoms with Crippen LogP contribution in [0.3, 0.4) is 0 Å². The number of benzene rings is 2. The lowest BCUT2D eigenvalue weighted by Gasteiger charge is -2.28. The fourth-order valence-corrected chi connectivity index (χ4v) is 4.22. The Bertz CT molecular complexity index is 1040. The van der Waals surface area contributed by atoms with Crippen LogP contribution < -0.4 is 10.2 Å². The van der Waals surface area contributed by atoms with Crippen LogP contribution in [-0.2, 0) is 28.7 Å². The Balaban J connectivity index is 1.29. The Hall–Kier alpha value is -2.91. The molecule has 3 aromatic rings. The predicted molar refractivity (Wildman–Crippen MR) is 118 cm³/mol. The van der Waals surface area contributed by atoms with Crippen LogP contribution >= 0.6 is 11.3 Å². The number of morpholine rings is 1. The molecule has 32 heavy (non-hydrogen) atoms. The maximum absolute atomic E-state index is 12.7. The number of amides is 1. The van der Waals surface area contributed by atoms with E-state index >= 15 is 0 Å². The highest BCUT2D eigenvalue weighted by molar-refractivity contribution is 7.13. The number of rotatable bonds is 6. The van der Waals surface area contributed by atoms with Gasteiger partial charge in [0.25, 0.3) is 0 Å². The van der Waals surface area contributed by atoms with E-state index in [0.717, 1.165) is 49.7 Å². The molecule has 1 aliphatic rings. The van der Waals surface area contributed by atoms with Crippen LogP contribution in [0.4, 0.5) is 18.9 Å². The SMILES string of the molecule is O=C(Cc1csc(-c2ccc(C(F)(F)F)cc2)n1)NCc1ccc(N2CCOCC2)cc1. The summed E-state index contributed by atoms with van der Waals surface area (Å²) in [6.45, 7) is 3.62. The van der Waals surface area contributed by atoms with Crippen molar-refractivity contribution in [3.63, 3.8) is 0 Å². The number of nitrogens with zero attached hydrogens (tertiary/aromatic N) is 2. The van der Waals surface area contributed by atoms with Crippen LogP contribution in [-0.4, -0.2) is 37.2 Å². The molecule has 2 heterocycles. The summed E-state index contributed by atoms with van der Waals surface area (Å²) < 4.78 is 43.5. The number of halogens is 3. The summed E-state index contributed by atoms with van der Waals surface area (Å²) in [5.41, 5.74) is 2.62. The first kappa shape index (κ1) is 22.3. The van der Waals surface area contributed by atoms with E-state index in [9.17, 15) is 18.0 Å². The quantitative estimate of drug-likeness (QED) is 0.586. The zero-order chi connectivity index (χ0) is 22.6. The summed E-state index contributed by atoms with van der Waals surface area (Å²) in [4.78, 5) is 19.0. The van der Waals surface area contributed by atoms with Crippen LogP contribution in [0.5, 0.6) is 0 Å². The van der Waals surface area contributed by atoms with Crippen molar-refractivity contribution in [1.82, 2.24) is 10.3 Å². The van der Waals surface area contributed by atoms with Gasteiger partial charge in [0.2, 0.25) is 5.91 Å². The molecule has 0 saturated carbocycles. The number of ether oxygens (including phenoxy) is 1. The molecule has 0 atom stereocenters. The Morgan fingerprint density at radius 2 is 1.75 bits per heavy atom. The van der Waals surface area contributed by atoms with Crippen LogP contribution in [0.15, 0.2) is 53.9 Å². The second-order valence-electron chi connectivity index (χ2n) is 7.44. The maximum Gasteiger partial charge on any atom is 0.416 e. The van der Waals surface area contributed by atoms with Crippen molar-refractivity contribution in [2.45, 2.75) is 19.1 Å². The third-order valence-electron chi connectivity index (χ3n) is 5.15. The number of nitrogens with one attached hydrogen (secondary N) is 1. The standard InChI is InChI=1S/C23H22F3N3O2S/c24-23(25,26)18-5-3-17(4-6-18)22-28-19(15-32-22)13-21(30)27-14-16-1-7-20(8-2-16)29-9-11-31-12-10-29/h1-8,15H,9-14H2,(H,27,30). The van der Waals surface area contributed by atoms with Crippen LogP contribution in [0.2, 0.25) is 0 Å². The van der Waals surface area contributed by atoms with Crippen molar-refractivity contribution >= 4 is 22.9 Å². The van der Waals surface area contributed by atoms with Gasteiger partial charge in [-0.3, -0.25) is 4.79 Å². The third-order valence-corrected chi connectivity index (χ3v) is 6.10. The average molecular weight is 462 g/mol. The lowest BCUT2D eigenvalue weighted by molar-refractivity contribution is -0.137. The minimum Gasteiger partial charge on any atom is -0.378 e. The number of carbonyl (C=O) groups excluding carboxylic acids is 1. The van der Waals surface area contributed by atoms with E-state index in [4.69, 9.17) is 4.74 Å². The molecule has 1 amide bonds. The summed E-state index contributed by atoms with van der Waals surface area (Å²) >= 11 is 1.30. The van der Waals surface area contributed by atoms with Crippen molar-refractivity contribution in [2.75, 3.05) is 31.2 Å². The Labute approximate surface area is 187 Å². The number of anilines is 1. The van der Waals surface area contributed by atoms with Gasteiger partial charge in [-0.05, 0) is 29.8 Å². The minimum atomic E-state index is -4.37. The fraction of sp³-hybridized carbons (Fsp3) is 0.304. The van der Waals surface area contributed by atoms with Crippen LogP contribution in [0, 0.1) is 0 Å². The van der Waals surface area contributed by atoms with Gasteiger partial charge in [-0.25, -0.2) is 4.98 Å². The first-order chi connectivity index (χ1) is 15.4. The first-order valence-electron chi connectivity index (χ1n) is 10.2. The number of hydrogen-bond acceptors (Lipinski definition) is 5. The van der Waals surface area contributed by atoms with E-state index in [1.807, 2.05) is 24.3 Å². The van der Waals surface area contributed by atoms with Gasteiger partial charge < -0.3 is 15.0 Å². The summed E-state index contributed by atoms with van der Waals surface area (Å²) in [7, 11) is 0. The summed E-state index contributed by atoms with van der Waals surface area (Å²) in [5, 5.41) is 5.22. The van der Waals surface area contributed by atoms with E-state index in [-0.39, 0.29) is 12.3 Å². The van der Waals surface area contributed by atoms with Gasteiger partial charge in [-0.2, -0.15) is 13.2 Å². The second-order valence-corrected chi connectivity index (χ2v) is 8.30. The monoisotopic (exact) mass is 461 g/mol. The van der Waals surface area contributed by atoms with Crippen molar-refractivity contribution in [2.24, 2.45) is 0 Å². The molecular weight excluding hydrogens is 439 g/mol. The normalized spacial score (nSPS) is 14.4. The molecule has 4 rings (SSSR count). The summed E-state index contributed by atoms with van der Waals surface area (Å²) in [5.74, 6) is -0.161. The number of aromatic nitrogens is 1. The molecule has 9 heteroatoms. The van der Waals surface area contributed by atoms with Crippen molar-refractivity contribution in [1.29, 1.82) is 0 Å². The zero-order valence-corrected chi connectivity index (χ0v) is 18.0. The smallest absolute Gasteiger partial charge is 0.378 e. The van der Waals surface area contributed by atoms with Crippen molar-refractivity contribution < 1.29 is 22.7 Å². The molecule has 0 aliphatic carbocycles. The molecule has 1 fully saturated rings. The van der Waals surface area contributed by atoms with Gasteiger partial charge in [0.1, 0.15) is 5.01 Å². The Morgan fingerprint density at radius 3 is 2.41 bits per heavy atom. The van der Waals surface area contributed by atoms with Crippen LogP contribution in [0.1, 0.15) is 16.8 Å². The molecule has 1 saturated heterocycles.